The van der Waals surface area contributed by atoms with Crippen molar-refractivity contribution in [3.05, 3.63) is 21.3 Å². The summed E-state index contributed by atoms with van der Waals surface area (Å²) in [4.78, 5) is 1.29. The molecule has 3 heteroatoms. The minimum absolute atomic E-state index is 0.419. The molecule has 0 aliphatic rings. The summed E-state index contributed by atoms with van der Waals surface area (Å²) in [5.74, 6) is 0.632. The van der Waals surface area contributed by atoms with Crippen LogP contribution in [0.2, 0.25) is 5.02 Å². The zero-order valence-corrected chi connectivity index (χ0v) is 11.3. The van der Waals surface area contributed by atoms with E-state index in [0.29, 0.717) is 12.0 Å². The van der Waals surface area contributed by atoms with Crippen molar-refractivity contribution < 1.29 is 0 Å². The maximum atomic E-state index is 6.18. The molecule has 0 aliphatic heterocycles. The number of hydrogen-bond donors (Lipinski definition) is 1. The van der Waals surface area contributed by atoms with Gasteiger partial charge in [0.15, 0.2) is 0 Å². The van der Waals surface area contributed by atoms with Gasteiger partial charge in [-0.25, -0.2) is 0 Å². The number of thiophene rings is 1. The Balaban J connectivity index is 2.76. The minimum Gasteiger partial charge on any atom is -0.309 e. The van der Waals surface area contributed by atoms with Crippen molar-refractivity contribution in [2.24, 2.45) is 5.92 Å². The van der Waals surface area contributed by atoms with Crippen LogP contribution in [0.1, 0.15) is 44.5 Å². The fourth-order valence-electron chi connectivity index (χ4n) is 1.62. The van der Waals surface area contributed by atoms with Gasteiger partial charge in [0.25, 0.3) is 0 Å². The number of rotatable bonds is 6. The Bertz CT molecular complexity index is 285. The number of hydrogen-bond acceptors (Lipinski definition) is 2. The third-order valence-electron chi connectivity index (χ3n) is 2.75. The first-order valence-corrected chi connectivity index (χ1v) is 6.92. The number of halogens is 1. The standard InChI is InChI=1S/C12H20ClNS/c1-4-7-14-11(9(3)5-2)12-10(13)6-8-15-12/h6,8-9,11,14H,4-5,7H2,1-3H3. The largest absolute Gasteiger partial charge is 0.309 e. The first-order chi connectivity index (χ1) is 7.20. The molecule has 2 atom stereocenters. The molecule has 0 radical (unpaired) electrons. The van der Waals surface area contributed by atoms with Crippen molar-refractivity contribution in [2.75, 3.05) is 6.54 Å². The molecule has 0 aliphatic carbocycles. The van der Waals surface area contributed by atoms with E-state index < -0.39 is 0 Å². The quantitative estimate of drug-likeness (QED) is 0.779. The van der Waals surface area contributed by atoms with Crippen LogP contribution >= 0.6 is 22.9 Å². The second-order valence-electron chi connectivity index (χ2n) is 3.95. The van der Waals surface area contributed by atoms with Gasteiger partial charge in [-0.2, -0.15) is 0 Å². The maximum absolute atomic E-state index is 6.18. The predicted octanol–water partition coefficient (Wildman–Crippen LogP) is 4.49. The van der Waals surface area contributed by atoms with Crippen molar-refractivity contribution in [1.82, 2.24) is 5.32 Å². The lowest BCUT2D eigenvalue weighted by molar-refractivity contribution is 0.382. The highest BCUT2D eigenvalue weighted by Crippen LogP contribution is 2.34. The molecule has 1 nitrogen and oxygen atoms in total. The fourth-order valence-corrected chi connectivity index (χ4v) is 3.00. The van der Waals surface area contributed by atoms with Gasteiger partial charge in [0.05, 0.1) is 5.02 Å². The Hall–Kier alpha value is -0.0500. The molecule has 15 heavy (non-hydrogen) atoms. The summed E-state index contributed by atoms with van der Waals surface area (Å²) in [6.07, 6.45) is 2.34. The summed E-state index contributed by atoms with van der Waals surface area (Å²) in [5.41, 5.74) is 0. The third-order valence-corrected chi connectivity index (χ3v) is 4.20. The van der Waals surface area contributed by atoms with Crippen LogP contribution in [0.3, 0.4) is 0 Å². The highest BCUT2D eigenvalue weighted by atomic mass is 35.5. The van der Waals surface area contributed by atoms with Crippen LogP contribution in [-0.4, -0.2) is 6.54 Å². The molecule has 0 bridgehead atoms. The summed E-state index contributed by atoms with van der Waals surface area (Å²) in [6, 6.07) is 2.41. The zero-order chi connectivity index (χ0) is 11.3. The van der Waals surface area contributed by atoms with Crippen LogP contribution in [0.25, 0.3) is 0 Å². The average molecular weight is 246 g/mol. The molecule has 0 aromatic carbocycles. The van der Waals surface area contributed by atoms with Gasteiger partial charge in [0.1, 0.15) is 0 Å². The van der Waals surface area contributed by atoms with Gasteiger partial charge in [0.2, 0.25) is 0 Å². The van der Waals surface area contributed by atoms with Crippen LogP contribution in [-0.2, 0) is 0 Å². The van der Waals surface area contributed by atoms with Crippen molar-refractivity contribution >= 4 is 22.9 Å². The van der Waals surface area contributed by atoms with Crippen LogP contribution in [0.4, 0.5) is 0 Å². The lowest BCUT2D eigenvalue weighted by atomic mass is 9.97. The second kappa shape index (κ2) is 6.51. The molecular formula is C12H20ClNS. The lowest BCUT2D eigenvalue weighted by Crippen LogP contribution is -2.26. The van der Waals surface area contributed by atoms with E-state index in [1.54, 1.807) is 11.3 Å². The molecule has 1 heterocycles. The minimum atomic E-state index is 0.419. The van der Waals surface area contributed by atoms with Crippen LogP contribution in [0, 0.1) is 5.92 Å². The molecule has 0 amide bonds. The summed E-state index contributed by atoms with van der Waals surface area (Å²) < 4.78 is 0. The van der Waals surface area contributed by atoms with E-state index in [4.69, 9.17) is 11.6 Å². The normalized spacial score (nSPS) is 15.2. The van der Waals surface area contributed by atoms with Gasteiger partial charge in [0, 0.05) is 10.9 Å². The van der Waals surface area contributed by atoms with Crippen molar-refractivity contribution in [1.29, 1.82) is 0 Å². The average Bonchev–Trinajstić information content (AvgIpc) is 2.65. The summed E-state index contributed by atoms with van der Waals surface area (Å²) in [6.45, 7) is 7.76. The highest BCUT2D eigenvalue weighted by molar-refractivity contribution is 7.10. The first-order valence-electron chi connectivity index (χ1n) is 5.66. The van der Waals surface area contributed by atoms with E-state index in [0.717, 1.165) is 18.0 Å². The van der Waals surface area contributed by atoms with Crippen molar-refractivity contribution in [3.8, 4) is 0 Å². The molecular weight excluding hydrogens is 226 g/mol. The van der Waals surface area contributed by atoms with E-state index in [-0.39, 0.29) is 0 Å². The first kappa shape index (κ1) is 13.0. The molecule has 1 aromatic heterocycles. The van der Waals surface area contributed by atoms with Crippen molar-refractivity contribution in [3.63, 3.8) is 0 Å². The smallest absolute Gasteiger partial charge is 0.0561 e. The topological polar surface area (TPSA) is 12.0 Å². The highest BCUT2D eigenvalue weighted by Gasteiger charge is 2.20. The van der Waals surface area contributed by atoms with Gasteiger partial charge in [-0.1, -0.05) is 38.8 Å². The molecule has 1 aromatic rings. The molecule has 0 saturated heterocycles. The summed E-state index contributed by atoms with van der Waals surface area (Å²) in [7, 11) is 0. The summed E-state index contributed by atoms with van der Waals surface area (Å²) >= 11 is 7.94. The fraction of sp³-hybridized carbons (Fsp3) is 0.667. The molecule has 2 unspecified atom stereocenters. The van der Waals surface area contributed by atoms with Crippen LogP contribution in [0.15, 0.2) is 11.4 Å². The van der Waals surface area contributed by atoms with E-state index in [1.807, 2.05) is 6.07 Å². The third kappa shape index (κ3) is 3.47. The monoisotopic (exact) mass is 245 g/mol. The molecule has 86 valence electrons. The van der Waals surface area contributed by atoms with Gasteiger partial charge >= 0.3 is 0 Å². The Morgan fingerprint density at radius 2 is 2.20 bits per heavy atom. The zero-order valence-electron chi connectivity index (χ0n) is 9.72. The molecule has 1 N–H and O–H groups in total. The van der Waals surface area contributed by atoms with Crippen molar-refractivity contribution in [2.45, 2.75) is 39.7 Å². The maximum Gasteiger partial charge on any atom is 0.0561 e. The van der Waals surface area contributed by atoms with E-state index in [1.165, 1.54) is 11.3 Å². The van der Waals surface area contributed by atoms with E-state index >= 15 is 0 Å². The second-order valence-corrected chi connectivity index (χ2v) is 5.31. The van der Waals surface area contributed by atoms with E-state index in [2.05, 4.69) is 31.5 Å². The van der Waals surface area contributed by atoms with Gasteiger partial charge < -0.3 is 5.32 Å². The van der Waals surface area contributed by atoms with Gasteiger partial charge in [-0.3, -0.25) is 0 Å². The lowest BCUT2D eigenvalue weighted by Gasteiger charge is -2.23. The Kier molecular flexibility index (Phi) is 5.65. The summed E-state index contributed by atoms with van der Waals surface area (Å²) in [5, 5.41) is 6.57. The van der Waals surface area contributed by atoms with Crippen LogP contribution < -0.4 is 5.32 Å². The molecule has 0 spiro atoms. The number of nitrogens with one attached hydrogen (secondary N) is 1. The molecule has 1 rings (SSSR count). The Morgan fingerprint density at radius 1 is 1.47 bits per heavy atom. The van der Waals surface area contributed by atoms with E-state index in [9.17, 15) is 0 Å². The van der Waals surface area contributed by atoms with Gasteiger partial charge in [-0.05, 0) is 30.3 Å². The van der Waals surface area contributed by atoms with Crippen LogP contribution in [0.5, 0.6) is 0 Å². The SMILES string of the molecule is CCCNC(c1sccc1Cl)C(C)CC. The Morgan fingerprint density at radius 3 is 2.67 bits per heavy atom. The van der Waals surface area contributed by atoms with Gasteiger partial charge in [-0.15, -0.1) is 11.3 Å². The molecule has 0 saturated carbocycles. The Labute approximate surface area is 102 Å². The molecule has 0 fully saturated rings. The predicted molar refractivity (Wildman–Crippen MR) is 69.8 cm³/mol.